The van der Waals surface area contributed by atoms with Crippen LogP contribution in [0.25, 0.3) is 11.0 Å². The van der Waals surface area contributed by atoms with Crippen LogP contribution in [0.15, 0.2) is 23.1 Å². The van der Waals surface area contributed by atoms with E-state index in [1.165, 1.54) is 6.20 Å². The number of aromatic amines is 1. The summed E-state index contributed by atoms with van der Waals surface area (Å²) in [5.74, 6) is 0.380. The molecule has 2 saturated heterocycles. The van der Waals surface area contributed by atoms with Gasteiger partial charge in [0.25, 0.3) is 5.56 Å². The fourth-order valence-corrected chi connectivity index (χ4v) is 4.88. The van der Waals surface area contributed by atoms with Gasteiger partial charge in [0.1, 0.15) is 11.2 Å². The summed E-state index contributed by atoms with van der Waals surface area (Å²) in [5, 5.41) is 4.60. The lowest BCUT2D eigenvalue weighted by molar-refractivity contribution is 0.148. The molecule has 1 N–H and O–H groups in total. The third-order valence-corrected chi connectivity index (χ3v) is 6.80. The Morgan fingerprint density at radius 2 is 1.70 bits per heavy atom. The summed E-state index contributed by atoms with van der Waals surface area (Å²) in [6, 6.07) is 3.82. The highest BCUT2D eigenvalue weighted by atomic mass is 19.1. The molecule has 0 bridgehead atoms. The van der Waals surface area contributed by atoms with E-state index in [1.807, 2.05) is 11.8 Å². The molecule has 1 aromatic carbocycles. The van der Waals surface area contributed by atoms with E-state index in [9.17, 15) is 4.79 Å². The highest BCUT2D eigenvalue weighted by Crippen LogP contribution is 2.28. The second-order valence-corrected chi connectivity index (χ2v) is 9.19. The molecule has 2 aliphatic rings. The zero-order chi connectivity index (χ0) is 23.1. The van der Waals surface area contributed by atoms with Gasteiger partial charge in [0.05, 0.1) is 11.9 Å². The first kappa shape index (κ1) is 21.8. The molecule has 0 saturated carbocycles. The molecule has 2 aliphatic heterocycles. The van der Waals surface area contributed by atoms with Crippen molar-refractivity contribution in [2.75, 3.05) is 69.2 Å². The van der Waals surface area contributed by atoms with Crippen molar-refractivity contribution in [3.8, 4) is 0 Å². The maximum absolute atomic E-state index is 15.2. The average molecular weight is 455 g/mol. The standard InChI is InChI=1S/C23H31FN8O/c1-16-12-17(15-30-6-4-28(2)5-7-30)13-19(24)20(16)31-8-10-32(11-9-31)23-26-21-18(22(33)27-23)14-25-29(21)3/h12-14H,4-11,15H2,1-3H3,(H,26,27,33). The van der Waals surface area contributed by atoms with Gasteiger partial charge in [-0.05, 0) is 31.2 Å². The van der Waals surface area contributed by atoms with Crippen molar-refractivity contribution >= 4 is 22.7 Å². The van der Waals surface area contributed by atoms with Crippen molar-refractivity contribution in [1.29, 1.82) is 0 Å². The number of H-pyrrole nitrogens is 1. The minimum atomic E-state index is -0.191. The van der Waals surface area contributed by atoms with Crippen molar-refractivity contribution in [3.05, 3.63) is 45.6 Å². The maximum atomic E-state index is 15.2. The number of aryl methyl sites for hydroxylation is 2. The molecule has 5 rings (SSSR count). The number of benzene rings is 1. The number of rotatable bonds is 4. The second kappa shape index (κ2) is 8.75. The number of nitrogens with one attached hydrogen (secondary N) is 1. The number of aromatic nitrogens is 4. The molecular formula is C23H31FN8O. The summed E-state index contributed by atoms with van der Waals surface area (Å²) >= 11 is 0. The topological polar surface area (TPSA) is 76.5 Å². The highest BCUT2D eigenvalue weighted by molar-refractivity contribution is 5.74. The molecule has 0 spiro atoms. The Morgan fingerprint density at radius 3 is 2.39 bits per heavy atom. The minimum absolute atomic E-state index is 0.157. The lowest BCUT2D eigenvalue weighted by Crippen LogP contribution is -2.48. The number of hydrogen-bond acceptors (Lipinski definition) is 7. The summed E-state index contributed by atoms with van der Waals surface area (Å²) in [6.07, 6.45) is 1.53. The minimum Gasteiger partial charge on any atom is -0.365 e. The van der Waals surface area contributed by atoms with Crippen LogP contribution in [0.2, 0.25) is 0 Å². The normalized spacial score (nSPS) is 18.4. The number of hydrogen-bond donors (Lipinski definition) is 1. The molecule has 9 nitrogen and oxygen atoms in total. The van der Waals surface area contributed by atoms with E-state index in [-0.39, 0.29) is 11.4 Å². The smallest absolute Gasteiger partial charge is 0.263 e. The van der Waals surface area contributed by atoms with Gasteiger partial charge in [-0.2, -0.15) is 10.1 Å². The van der Waals surface area contributed by atoms with Gasteiger partial charge in [-0.1, -0.05) is 6.07 Å². The molecule has 0 aliphatic carbocycles. The van der Waals surface area contributed by atoms with Gasteiger partial charge in [-0.15, -0.1) is 0 Å². The van der Waals surface area contributed by atoms with E-state index in [0.717, 1.165) is 43.9 Å². The zero-order valence-electron chi connectivity index (χ0n) is 19.5. The Labute approximate surface area is 192 Å². The number of anilines is 2. The van der Waals surface area contributed by atoms with Crippen LogP contribution < -0.4 is 15.4 Å². The molecule has 0 amide bonds. The average Bonchev–Trinajstić information content (AvgIpc) is 3.17. The first-order chi connectivity index (χ1) is 15.9. The first-order valence-electron chi connectivity index (χ1n) is 11.5. The van der Waals surface area contributed by atoms with E-state index in [4.69, 9.17) is 0 Å². The maximum Gasteiger partial charge on any atom is 0.263 e. The number of halogens is 1. The summed E-state index contributed by atoms with van der Waals surface area (Å²) in [7, 11) is 3.91. The number of likely N-dealkylation sites (N-methyl/N-ethyl adjacent to an activating group) is 1. The van der Waals surface area contributed by atoms with Crippen LogP contribution in [0.4, 0.5) is 16.0 Å². The van der Waals surface area contributed by atoms with E-state index in [2.05, 4.69) is 42.9 Å². The van der Waals surface area contributed by atoms with Crippen LogP contribution in [-0.4, -0.2) is 89.0 Å². The van der Waals surface area contributed by atoms with Crippen molar-refractivity contribution in [2.45, 2.75) is 13.5 Å². The number of fused-ring (bicyclic) bond motifs is 1. The van der Waals surface area contributed by atoms with Crippen LogP contribution in [-0.2, 0) is 13.6 Å². The van der Waals surface area contributed by atoms with Crippen LogP contribution >= 0.6 is 0 Å². The SMILES string of the molecule is Cc1cc(CN2CCN(C)CC2)cc(F)c1N1CCN(c2nc3c(cnn3C)c(=O)[nH]2)CC1. The molecule has 4 heterocycles. The van der Waals surface area contributed by atoms with Gasteiger partial charge >= 0.3 is 0 Å². The Morgan fingerprint density at radius 1 is 1.00 bits per heavy atom. The van der Waals surface area contributed by atoms with E-state index in [0.29, 0.717) is 48.8 Å². The molecule has 0 unspecified atom stereocenters. The monoisotopic (exact) mass is 454 g/mol. The lowest BCUT2D eigenvalue weighted by atomic mass is 10.1. The van der Waals surface area contributed by atoms with Crippen LogP contribution in [0.3, 0.4) is 0 Å². The zero-order valence-corrected chi connectivity index (χ0v) is 19.5. The Bertz CT molecular complexity index is 1180. The molecular weight excluding hydrogens is 423 g/mol. The van der Waals surface area contributed by atoms with Crippen molar-refractivity contribution < 1.29 is 4.39 Å². The molecule has 2 fully saturated rings. The fraction of sp³-hybridized carbons (Fsp3) is 0.522. The largest absolute Gasteiger partial charge is 0.365 e. The van der Waals surface area contributed by atoms with Crippen LogP contribution in [0.1, 0.15) is 11.1 Å². The summed E-state index contributed by atoms with van der Waals surface area (Å²) in [4.78, 5) is 28.7. The lowest BCUT2D eigenvalue weighted by Gasteiger charge is -2.37. The third-order valence-electron chi connectivity index (χ3n) is 6.80. The van der Waals surface area contributed by atoms with Crippen molar-refractivity contribution in [1.82, 2.24) is 29.5 Å². The van der Waals surface area contributed by atoms with Gasteiger partial charge in [0, 0.05) is 66.0 Å². The van der Waals surface area contributed by atoms with Gasteiger partial charge in [0.2, 0.25) is 5.95 Å². The molecule has 2 aromatic heterocycles. The molecule has 3 aromatic rings. The summed E-state index contributed by atoms with van der Waals surface area (Å²) in [5.41, 5.74) is 3.05. The predicted molar refractivity (Wildman–Crippen MR) is 127 cm³/mol. The van der Waals surface area contributed by atoms with Crippen molar-refractivity contribution in [2.24, 2.45) is 7.05 Å². The number of nitrogens with zero attached hydrogens (tertiary/aromatic N) is 7. The molecule has 10 heteroatoms. The van der Waals surface area contributed by atoms with Crippen LogP contribution in [0.5, 0.6) is 0 Å². The van der Waals surface area contributed by atoms with Gasteiger partial charge in [-0.25, -0.2) is 4.39 Å². The van der Waals surface area contributed by atoms with E-state index in [1.54, 1.807) is 17.8 Å². The van der Waals surface area contributed by atoms with Crippen LogP contribution in [0, 0.1) is 12.7 Å². The van der Waals surface area contributed by atoms with Gasteiger partial charge in [-0.3, -0.25) is 19.4 Å². The summed E-state index contributed by atoms with van der Waals surface area (Å²) in [6.45, 7) is 9.52. The van der Waals surface area contributed by atoms with E-state index >= 15 is 4.39 Å². The number of piperazine rings is 2. The Kier molecular flexibility index (Phi) is 5.79. The predicted octanol–water partition coefficient (Wildman–Crippen LogP) is 1.18. The quantitative estimate of drug-likeness (QED) is 0.634. The fourth-order valence-electron chi connectivity index (χ4n) is 4.88. The van der Waals surface area contributed by atoms with Gasteiger partial charge < -0.3 is 14.7 Å². The highest BCUT2D eigenvalue weighted by Gasteiger charge is 2.24. The first-order valence-corrected chi connectivity index (χ1v) is 11.5. The Balaban J connectivity index is 1.28. The Hall–Kier alpha value is -2.98. The van der Waals surface area contributed by atoms with Crippen molar-refractivity contribution in [3.63, 3.8) is 0 Å². The molecule has 0 atom stereocenters. The third kappa shape index (κ3) is 4.32. The van der Waals surface area contributed by atoms with Gasteiger partial charge in [0.15, 0.2) is 5.65 Å². The molecule has 33 heavy (non-hydrogen) atoms. The molecule has 0 radical (unpaired) electrons. The molecule has 176 valence electrons. The van der Waals surface area contributed by atoms with E-state index < -0.39 is 0 Å². The summed E-state index contributed by atoms with van der Waals surface area (Å²) < 4.78 is 16.8. The second-order valence-electron chi connectivity index (χ2n) is 9.19.